The topological polar surface area (TPSA) is 41.1 Å². The Hall–Kier alpha value is -1.49. The van der Waals surface area contributed by atoms with E-state index in [9.17, 15) is 13.6 Å². The maximum atomic E-state index is 13.5. The molecule has 0 radical (unpaired) electrons. The van der Waals surface area contributed by atoms with E-state index in [1.807, 2.05) is 6.92 Å². The third-order valence-corrected chi connectivity index (χ3v) is 2.26. The van der Waals surface area contributed by atoms with Crippen LogP contribution < -0.4 is 10.6 Å². The molecule has 94 valence electrons. The van der Waals surface area contributed by atoms with E-state index in [2.05, 4.69) is 10.6 Å². The van der Waals surface area contributed by atoms with Gasteiger partial charge in [-0.15, -0.1) is 0 Å². The van der Waals surface area contributed by atoms with Crippen molar-refractivity contribution in [1.29, 1.82) is 0 Å². The van der Waals surface area contributed by atoms with Crippen LogP contribution in [-0.4, -0.2) is 19.0 Å². The van der Waals surface area contributed by atoms with Crippen LogP contribution in [0.1, 0.15) is 18.9 Å². The van der Waals surface area contributed by atoms with E-state index in [4.69, 9.17) is 0 Å². The van der Waals surface area contributed by atoms with Crippen LogP contribution in [-0.2, 0) is 4.79 Å². The van der Waals surface area contributed by atoms with E-state index in [1.54, 1.807) is 0 Å². The highest BCUT2D eigenvalue weighted by atomic mass is 19.1. The van der Waals surface area contributed by atoms with Crippen molar-refractivity contribution in [2.24, 2.45) is 0 Å². The van der Waals surface area contributed by atoms with Gasteiger partial charge in [-0.2, -0.15) is 0 Å². The number of nitrogens with one attached hydrogen (secondary N) is 2. The second-order valence-electron chi connectivity index (χ2n) is 3.78. The van der Waals surface area contributed by atoms with Gasteiger partial charge in [0, 0.05) is 0 Å². The third-order valence-electron chi connectivity index (χ3n) is 2.26. The molecule has 0 fully saturated rings. The standard InChI is InChI=1S/C12H16F2N2O/c1-3-6-15-7-10(17)16-12-9(13)5-4-8(2)11(12)14/h4-5,15H,3,6-7H2,1-2H3,(H,16,17). The molecule has 0 unspecified atom stereocenters. The van der Waals surface area contributed by atoms with Gasteiger partial charge >= 0.3 is 0 Å². The number of aryl methyl sites for hydroxylation is 1. The Morgan fingerprint density at radius 3 is 2.71 bits per heavy atom. The normalized spacial score (nSPS) is 10.4. The summed E-state index contributed by atoms with van der Waals surface area (Å²) in [5, 5.41) is 5.08. The summed E-state index contributed by atoms with van der Waals surface area (Å²) in [6, 6.07) is 2.46. The van der Waals surface area contributed by atoms with E-state index >= 15 is 0 Å². The first kappa shape index (κ1) is 13.6. The Bertz CT molecular complexity index is 408. The zero-order valence-corrected chi connectivity index (χ0v) is 9.94. The van der Waals surface area contributed by atoms with Gasteiger partial charge < -0.3 is 10.6 Å². The van der Waals surface area contributed by atoms with Crippen LogP contribution in [0.4, 0.5) is 14.5 Å². The number of benzene rings is 1. The van der Waals surface area contributed by atoms with Gasteiger partial charge in [0.1, 0.15) is 11.5 Å². The molecule has 0 aliphatic heterocycles. The Labute approximate surface area is 99.2 Å². The van der Waals surface area contributed by atoms with Crippen LogP contribution in [0.3, 0.4) is 0 Å². The minimum atomic E-state index is -0.767. The van der Waals surface area contributed by atoms with Crippen LogP contribution >= 0.6 is 0 Å². The monoisotopic (exact) mass is 242 g/mol. The Morgan fingerprint density at radius 2 is 2.06 bits per heavy atom. The number of halogens is 2. The molecule has 1 amide bonds. The molecule has 1 aromatic carbocycles. The highest BCUT2D eigenvalue weighted by Crippen LogP contribution is 2.21. The maximum absolute atomic E-state index is 13.5. The predicted molar refractivity (Wildman–Crippen MR) is 62.9 cm³/mol. The highest BCUT2D eigenvalue weighted by Gasteiger charge is 2.13. The molecule has 2 N–H and O–H groups in total. The molecule has 1 rings (SSSR count). The fraction of sp³-hybridized carbons (Fsp3) is 0.417. The van der Waals surface area contributed by atoms with Gasteiger partial charge in [-0.3, -0.25) is 4.79 Å². The number of hydrogen-bond acceptors (Lipinski definition) is 2. The molecule has 0 bridgehead atoms. The Morgan fingerprint density at radius 1 is 1.35 bits per heavy atom. The number of rotatable bonds is 5. The summed E-state index contributed by atoms with van der Waals surface area (Å²) in [6.07, 6.45) is 0.889. The lowest BCUT2D eigenvalue weighted by Crippen LogP contribution is -2.29. The van der Waals surface area contributed by atoms with Crippen LogP contribution in [0.5, 0.6) is 0 Å². The van der Waals surface area contributed by atoms with Gasteiger partial charge in [0.25, 0.3) is 0 Å². The zero-order valence-electron chi connectivity index (χ0n) is 9.94. The van der Waals surface area contributed by atoms with Crippen LogP contribution in [0.25, 0.3) is 0 Å². The molecule has 17 heavy (non-hydrogen) atoms. The lowest BCUT2D eigenvalue weighted by molar-refractivity contribution is -0.115. The second kappa shape index (κ2) is 6.30. The average molecular weight is 242 g/mol. The van der Waals surface area contributed by atoms with Crippen molar-refractivity contribution in [2.45, 2.75) is 20.3 Å². The van der Waals surface area contributed by atoms with E-state index < -0.39 is 17.5 Å². The summed E-state index contributed by atoms with van der Waals surface area (Å²) >= 11 is 0. The lowest BCUT2D eigenvalue weighted by Gasteiger charge is -2.09. The zero-order chi connectivity index (χ0) is 12.8. The molecular formula is C12H16F2N2O. The largest absolute Gasteiger partial charge is 0.320 e. The minimum Gasteiger partial charge on any atom is -0.320 e. The molecular weight excluding hydrogens is 226 g/mol. The number of amides is 1. The quantitative estimate of drug-likeness (QED) is 0.777. The first-order chi connectivity index (χ1) is 8.06. The van der Waals surface area contributed by atoms with E-state index in [1.165, 1.54) is 13.0 Å². The molecule has 0 aliphatic carbocycles. The highest BCUT2D eigenvalue weighted by molar-refractivity contribution is 5.92. The number of carbonyl (C=O) groups is 1. The van der Waals surface area contributed by atoms with E-state index in [0.29, 0.717) is 12.1 Å². The Kier molecular flexibility index (Phi) is 5.03. The summed E-state index contributed by atoms with van der Waals surface area (Å²) in [4.78, 5) is 11.4. The van der Waals surface area contributed by atoms with E-state index in [0.717, 1.165) is 12.5 Å². The van der Waals surface area contributed by atoms with Crippen LogP contribution in [0.15, 0.2) is 12.1 Å². The van der Waals surface area contributed by atoms with Crippen molar-refractivity contribution in [3.8, 4) is 0 Å². The summed E-state index contributed by atoms with van der Waals surface area (Å²) in [7, 11) is 0. The SMILES string of the molecule is CCCNCC(=O)Nc1c(F)ccc(C)c1F. The average Bonchev–Trinajstić information content (AvgIpc) is 2.30. The van der Waals surface area contributed by atoms with Crippen molar-refractivity contribution < 1.29 is 13.6 Å². The van der Waals surface area contributed by atoms with Crippen molar-refractivity contribution >= 4 is 11.6 Å². The van der Waals surface area contributed by atoms with Gasteiger partial charge in [0.2, 0.25) is 5.91 Å². The molecule has 3 nitrogen and oxygen atoms in total. The summed E-state index contributed by atoms with van der Waals surface area (Å²) in [6.45, 7) is 4.21. The smallest absolute Gasteiger partial charge is 0.238 e. The molecule has 1 aromatic rings. The molecule has 0 heterocycles. The molecule has 0 aliphatic rings. The van der Waals surface area contributed by atoms with Crippen molar-refractivity contribution in [1.82, 2.24) is 5.32 Å². The molecule has 0 saturated carbocycles. The third kappa shape index (κ3) is 3.78. The van der Waals surface area contributed by atoms with Crippen LogP contribution in [0.2, 0.25) is 0 Å². The van der Waals surface area contributed by atoms with Gasteiger partial charge in [0.05, 0.1) is 6.54 Å². The lowest BCUT2D eigenvalue weighted by atomic mass is 10.2. The van der Waals surface area contributed by atoms with Gasteiger partial charge in [0.15, 0.2) is 5.82 Å². The number of hydrogen-bond donors (Lipinski definition) is 2. The van der Waals surface area contributed by atoms with Crippen molar-refractivity contribution in [2.75, 3.05) is 18.4 Å². The summed E-state index contributed by atoms with van der Waals surface area (Å²) < 4.78 is 26.8. The molecule has 0 aromatic heterocycles. The van der Waals surface area contributed by atoms with Gasteiger partial charge in [-0.1, -0.05) is 13.0 Å². The second-order valence-corrected chi connectivity index (χ2v) is 3.78. The first-order valence-corrected chi connectivity index (χ1v) is 5.51. The van der Waals surface area contributed by atoms with Crippen molar-refractivity contribution in [3.63, 3.8) is 0 Å². The molecule has 0 spiro atoms. The summed E-state index contributed by atoms with van der Waals surface area (Å²) in [5.41, 5.74) is -0.0866. The summed E-state index contributed by atoms with van der Waals surface area (Å²) in [5.74, 6) is -1.95. The maximum Gasteiger partial charge on any atom is 0.238 e. The predicted octanol–water partition coefficient (Wildman–Crippen LogP) is 2.21. The van der Waals surface area contributed by atoms with Crippen molar-refractivity contribution in [3.05, 3.63) is 29.3 Å². The first-order valence-electron chi connectivity index (χ1n) is 5.51. The van der Waals surface area contributed by atoms with E-state index in [-0.39, 0.29) is 12.2 Å². The van der Waals surface area contributed by atoms with Crippen LogP contribution in [0, 0.1) is 18.6 Å². The molecule has 5 heteroatoms. The molecule has 0 atom stereocenters. The van der Waals surface area contributed by atoms with Gasteiger partial charge in [-0.05, 0) is 31.5 Å². The number of anilines is 1. The number of carbonyl (C=O) groups excluding carboxylic acids is 1. The minimum absolute atomic E-state index is 0.0423. The Balaban J connectivity index is 2.68. The fourth-order valence-electron chi connectivity index (χ4n) is 1.33. The fourth-order valence-corrected chi connectivity index (χ4v) is 1.33. The molecule has 0 saturated heterocycles. The van der Waals surface area contributed by atoms with Gasteiger partial charge in [-0.25, -0.2) is 8.78 Å².